The average molecular weight is 681 g/mol. The summed E-state index contributed by atoms with van der Waals surface area (Å²) in [6, 6.07) is 19.3. The number of hydrogen-bond donors (Lipinski definition) is 2. The molecular weight excluding hydrogens is 637 g/mol. The first-order chi connectivity index (χ1) is 23.7. The van der Waals surface area contributed by atoms with E-state index < -0.39 is 35.0 Å². The molecule has 10 heteroatoms. The van der Waals surface area contributed by atoms with E-state index in [0.29, 0.717) is 16.8 Å². The minimum Gasteiger partial charge on any atom is -0.480 e. The van der Waals surface area contributed by atoms with Gasteiger partial charge in [0.1, 0.15) is 6.54 Å². The third-order valence-corrected chi connectivity index (χ3v) is 11.8. The van der Waals surface area contributed by atoms with Crippen LogP contribution in [0.2, 0.25) is 0 Å². The predicted molar refractivity (Wildman–Crippen MR) is 191 cm³/mol. The molecule has 0 bridgehead atoms. The second-order valence-electron chi connectivity index (χ2n) is 13.4. The molecule has 1 heterocycles. The molecule has 0 saturated heterocycles. The Hall–Kier alpha value is -4.41. The van der Waals surface area contributed by atoms with Crippen LogP contribution in [0.4, 0.5) is 0 Å². The number of nitrogens with one attached hydrogen (secondary N) is 1. The Morgan fingerprint density at radius 2 is 1.59 bits per heavy atom. The lowest BCUT2D eigenvalue weighted by Crippen LogP contribution is -2.42. The van der Waals surface area contributed by atoms with Crippen LogP contribution in [0.3, 0.4) is 0 Å². The van der Waals surface area contributed by atoms with Crippen LogP contribution < -0.4 is 4.72 Å². The van der Waals surface area contributed by atoms with Crippen LogP contribution in [-0.4, -0.2) is 53.4 Å². The van der Waals surface area contributed by atoms with Crippen LogP contribution in [0.15, 0.2) is 90.1 Å². The van der Waals surface area contributed by atoms with Gasteiger partial charge in [-0.3, -0.25) is 9.59 Å². The highest BCUT2D eigenvalue weighted by atomic mass is 32.2. The van der Waals surface area contributed by atoms with Crippen molar-refractivity contribution in [1.82, 2.24) is 19.6 Å². The van der Waals surface area contributed by atoms with E-state index in [-0.39, 0.29) is 11.4 Å². The predicted octanol–water partition coefficient (Wildman–Crippen LogP) is 7.09. The number of aliphatic carboxylic acids is 1. The maximum Gasteiger partial charge on any atom is 0.323 e. The van der Waals surface area contributed by atoms with Crippen molar-refractivity contribution in [2.45, 2.75) is 69.7 Å². The molecule has 9 nitrogen and oxygen atoms in total. The third kappa shape index (κ3) is 8.43. The van der Waals surface area contributed by atoms with Crippen LogP contribution in [0, 0.1) is 17.8 Å². The van der Waals surface area contributed by atoms with Crippen molar-refractivity contribution < 1.29 is 23.1 Å². The maximum absolute atomic E-state index is 13.1. The number of fused-ring (bicyclic) bond motifs is 1. The van der Waals surface area contributed by atoms with Crippen molar-refractivity contribution >= 4 is 38.2 Å². The fourth-order valence-corrected chi connectivity index (χ4v) is 8.61. The lowest BCUT2D eigenvalue weighted by atomic mass is 9.71. The van der Waals surface area contributed by atoms with E-state index in [1.54, 1.807) is 30.3 Å². The molecule has 0 spiro atoms. The molecule has 0 aliphatic heterocycles. The number of sulfonamides is 1. The summed E-state index contributed by atoms with van der Waals surface area (Å²) in [6.07, 6.45) is 16.5. The van der Waals surface area contributed by atoms with Gasteiger partial charge in [-0.2, -0.15) is 0 Å². The Labute approximate surface area is 288 Å². The van der Waals surface area contributed by atoms with Crippen molar-refractivity contribution in [2.24, 2.45) is 17.8 Å². The van der Waals surface area contributed by atoms with Crippen LogP contribution >= 0.6 is 0 Å². The van der Waals surface area contributed by atoms with Gasteiger partial charge in [-0.05, 0) is 72.4 Å². The van der Waals surface area contributed by atoms with E-state index >= 15 is 0 Å². The highest BCUT2D eigenvalue weighted by molar-refractivity contribution is 7.89. The molecule has 2 N–H and O–H groups in total. The minimum absolute atomic E-state index is 0.00358. The van der Waals surface area contributed by atoms with Gasteiger partial charge >= 0.3 is 5.97 Å². The highest BCUT2D eigenvalue weighted by Gasteiger charge is 2.28. The van der Waals surface area contributed by atoms with Gasteiger partial charge in [0.25, 0.3) is 0 Å². The van der Waals surface area contributed by atoms with Crippen molar-refractivity contribution in [3.05, 3.63) is 96.3 Å². The number of aromatic nitrogens is 2. The van der Waals surface area contributed by atoms with Crippen LogP contribution in [0.5, 0.6) is 0 Å². The van der Waals surface area contributed by atoms with Crippen molar-refractivity contribution in [3.8, 4) is 11.4 Å². The Morgan fingerprint density at radius 3 is 2.27 bits per heavy atom. The second kappa shape index (κ2) is 15.4. The minimum atomic E-state index is -4.04. The fourth-order valence-electron chi connectivity index (χ4n) is 7.41. The summed E-state index contributed by atoms with van der Waals surface area (Å²) in [5.41, 5.74) is 3.88. The van der Waals surface area contributed by atoms with E-state index in [9.17, 15) is 23.1 Å². The second-order valence-corrected chi connectivity index (χ2v) is 15.1. The van der Waals surface area contributed by atoms with E-state index in [1.807, 2.05) is 42.7 Å². The molecule has 1 aromatic heterocycles. The monoisotopic (exact) mass is 680 g/mol. The zero-order chi connectivity index (χ0) is 34.4. The number of hydrogen-bond acceptors (Lipinski definition) is 6. The number of benzene rings is 3. The number of carboxylic acids is 1. The van der Waals surface area contributed by atoms with Crippen molar-refractivity contribution in [1.29, 1.82) is 0 Å². The first kappa shape index (κ1) is 34.5. The van der Waals surface area contributed by atoms with E-state index in [1.165, 1.54) is 50.2 Å². The summed E-state index contributed by atoms with van der Waals surface area (Å²) in [4.78, 5) is 35.2. The average Bonchev–Trinajstić information content (AvgIpc) is 3.13. The number of nitrogens with zero attached hydrogens (tertiary/aromatic N) is 3. The van der Waals surface area contributed by atoms with Gasteiger partial charge in [0.2, 0.25) is 15.9 Å². The zero-order valence-electron chi connectivity index (χ0n) is 27.9. The van der Waals surface area contributed by atoms with E-state index in [4.69, 9.17) is 0 Å². The number of carboxylic acid groups (broad SMARTS) is 1. The summed E-state index contributed by atoms with van der Waals surface area (Å²) in [5.74, 6) is 1.32. The Kier molecular flexibility index (Phi) is 10.8. The number of amides is 1. The van der Waals surface area contributed by atoms with Gasteiger partial charge in [0, 0.05) is 35.5 Å². The molecule has 1 unspecified atom stereocenters. The van der Waals surface area contributed by atoms with Gasteiger partial charge in [0.15, 0.2) is 5.82 Å². The summed E-state index contributed by atoms with van der Waals surface area (Å²) in [7, 11) is -4.04. The smallest absolute Gasteiger partial charge is 0.323 e. The Balaban J connectivity index is 1.06. The SMILES string of the molecule is CCC1CCC(C2CC=C(c3cnc(-c4ccc(CN(CC(=O)O)C(=O)CNS(=O)(=O)c5cccc6ccccc56)cc4)nc3)CC2)CC1. The van der Waals surface area contributed by atoms with Gasteiger partial charge in [-0.15, -0.1) is 0 Å². The first-order valence-corrected chi connectivity index (χ1v) is 18.8. The topological polar surface area (TPSA) is 130 Å². The number of rotatable bonds is 12. The zero-order valence-corrected chi connectivity index (χ0v) is 28.7. The first-order valence-electron chi connectivity index (χ1n) is 17.3. The largest absolute Gasteiger partial charge is 0.480 e. The van der Waals surface area contributed by atoms with Crippen LogP contribution in [0.25, 0.3) is 27.7 Å². The molecule has 2 aliphatic carbocycles. The molecule has 49 heavy (non-hydrogen) atoms. The molecule has 3 aromatic carbocycles. The molecule has 6 rings (SSSR count). The highest BCUT2D eigenvalue weighted by Crippen LogP contribution is 2.41. The molecule has 4 aromatic rings. The van der Waals surface area contributed by atoms with Gasteiger partial charge in [0.05, 0.1) is 11.4 Å². The van der Waals surface area contributed by atoms with Gasteiger partial charge < -0.3 is 10.0 Å². The lowest BCUT2D eigenvalue weighted by molar-refractivity contribution is -0.144. The molecule has 2 aliphatic rings. The Morgan fingerprint density at radius 1 is 0.878 bits per heavy atom. The molecule has 1 fully saturated rings. The van der Waals surface area contributed by atoms with Crippen LogP contribution in [0.1, 0.15) is 69.4 Å². The normalized spacial score (nSPS) is 19.7. The van der Waals surface area contributed by atoms with E-state index in [2.05, 4.69) is 27.7 Å². The molecule has 1 atom stereocenters. The summed E-state index contributed by atoms with van der Waals surface area (Å²) in [6.45, 7) is 1.17. The maximum atomic E-state index is 13.1. The van der Waals surface area contributed by atoms with Crippen molar-refractivity contribution in [2.75, 3.05) is 13.1 Å². The molecule has 1 amide bonds. The van der Waals surface area contributed by atoms with Crippen LogP contribution in [-0.2, 0) is 26.2 Å². The summed E-state index contributed by atoms with van der Waals surface area (Å²) >= 11 is 0. The molecule has 256 valence electrons. The quantitative estimate of drug-likeness (QED) is 0.163. The standard InChI is InChI=1S/C39H44N4O5S/c1-2-27-10-14-29(15-11-27)30-18-20-31(21-19-30)34-22-40-39(41-23-34)33-16-12-28(13-17-33)25-43(26-38(45)46)37(44)24-42-49(47,48)36-9-5-7-32-6-3-4-8-35(32)36/h3-9,12-13,16-17,20,22-23,27,29-30,42H,2,10-11,14-15,18-19,21,24-26H2,1H3,(H,45,46). The fraction of sp³-hybridized carbons (Fsp3) is 0.385. The Bertz CT molecular complexity index is 1910. The number of carbonyl (C=O) groups is 2. The summed E-state index contributed by atoms with van der Waals surface area (Å²) < 4.78 is 28.6. The number of allylic oxidation sites excluding steroid dienone is 2. The lowest BCUT2D eigenvalue weighted by Gasteiger charge is -2.35. The number of carbonyl (C=O) groups excluding carboxylic acids is 1. The molecule has 0 radical (unpaired) electrons. The van der Waals surface area contributed by atoms with Crippen molar-refractivity contribution in [3.63, 3.8) is 0 Å². The summed E-state index contributed by atoms with van der Waals surface area (Å²) in [5, 5.41) is 10.8. The molecular formula is C39H44N4O5S. The third-order valence-electron chi connectivity index (χ3n) is 10.3. The van der Waals surface area contributed by atoms with E-state index in [0.717, 1.165) is 52.0 Å². The van der Waals surface area contributed by atoms with Gasteiger partial charge in [-0.25, -0.2) is 23.1 Å². The van der Waals surface area contributed by atoms with Gasteiger partial charge in [-0.1, -0.05) is 92.9 Å². The molecule has 1 saturated carbocycles.